The van der Waals surface area contributed by atoms with Crippen molar-refractivity contribution in [1.29, 1.82) is 0 Å². The molecule has 0 aliphatic carbocycles. The number of carbonyl (C=O) groups is 1. The molecule has 0 aromatic heterocycles. The molecule has 1 N–H and O–H groups in total. The third kappa shape index (κ3) is 4.90. The maximum absolute atomic E-state index is 11.7. The number of hydrogen-bond donors (Lipinski definition) is 1. The molecule has 0 radical (unpaired) electrons. The molecule has 2 rings (SSSR count). The number of alkyl carbamates (subject to hydrolysis) is 1. The molecule has 2 aromatic carbocycles. The summed E-state index contributed by atoms with van der Waals surface area (Å²) in [4.78, 5) is 11.7. The van der Waals surface area contributed by atoms with Gasteiger partial charge in [0.05, 0.1) is 12.6 Å². The van der Waals surface area contributed by atoms with Gasteiger partial charge < -0.3 is 14.8 Å². The summed E-state index contributed by atoms with van der Waals surface area (Å²) in [5, 5.41) is 2.73. The molecule has 0 bridgehead atoms. The second kappa shape index (κ2) is 8.20. The van der Waals surface area contributed by atoms with Crippen LogP contribution < -0.4 is 5.32 Å². The Labute approximate surface area is 131 Å². The fraction of sp³-hybridized carbons (Fsp3) is 0.278. The van der Waals surface area contributed by atoms with E-state index in [1.165, 1.54) is 5.56 Å². The average Bonchev–Trinajstić information content (AvgIpc) is 2.56. The van der Waals surface area contributed by atoms with Gasteiger partial charge in [-0.05, 0) is 18.1 Å². The summed E-state index contributed by atoms with van der Waals surface area (Å²) in [6.07, 6.45) is -0.636. The van der Waals surface area contributed by atoms with Crippen LogP contribution in [0, 0.1) is 6.92 Å². The Morgan fingerprint density at radius 3 is 2.41 bits per heavy atom. The van der Waals surface area contributed by atoms with Crippen molar-refractivity contribution in [3.05, 3.63) is 71.3 Å². The van der Waals surface area contributed by atoms with Gasteiger partial charge in [-0.3, -0.25) is 0 Å². The first-order valence-electron chi connectivity index (χ1n) is 7.23. The van der Waals surface area contributed by atoms with Gasteiger partial charge >= 0.3 is 6.09 Å². The molecule has 0 unspecified atom stereocenters. The van der Waals surface area contributed by atoms with E-state index in [0.29, 0.717) is 6.54 Å². The largest absolute Gasteiger partial charge is 0.445 e. The zero-order valence-corrected chi connectivity index (χ0v) is 12.9. The number of rotatable bonds is 6. The maximum Gasteiger partial charge on any atom is 0.407 e. The fourth-order valence-electron chi connectivity index (χ4n) is 2.07. The van der Waals surface area contributed by atoms with Crippen molar-refractivity contribution >= 4 is 6.09 Å². The summed E-state index contributed by atoms with van der Waals surface area (Å²) in [5.41, 5.74) is 3.17. The Kier molecular flexibility index (Phi) is 5.98. The molecule has 0 spiro atoms. The van der Waals surface area contributed by atoms with Gasteiger partial charge in [-0.2, -0.15) is 0 Å². The Bertz CT molecular complexity index is 581. The van der Waals surface area contributed by atoms with Crippen molar-refractivity contribution in [2.24, 2.45) is 0 Å². The van der Waals surface area contributed by atoms with Crippen LogP contribution in [0.25, 0.3) is 0 Å². The zero-order valence-electron chi connectivity index (χ0n) is 12.9. The quantitative estimate of drug-likeness (QED) is 0.886. The second-order valence-corrected chi connectivity index (χ2v) is 5.08. The molecule has 0 saturated heterocycles. The molecule has 0 aliphatic heterocycles. The molecule has 0 saturated carbocycles. The van der Waals surface area contributed by atoms with Crippen LogP contribution in [-0.2, 0) is 16.1 Å². The summed E-state index contributed by atoms with van der Waals surface area (Å²) >= 11 is 0. The summed E-state index contributed by atoms with van der Waals surface area (Å²) < 4.78 is 10.6. The SMILES string of the molecule is CO[C@H](CNC(=O)OCc1ccccc1)c1ccc(C)cc1. The van der Waals surface area contributed by atoms with Crippen LogP contribution in [0.3, 0.4) is 0 Å². The summed E-state index contributed by atoms with van der Waals surface area (Å²) in [6, 6.07) is 17.6. The number of nitrogens with one attached hydrogen (secondary N) is 1. The first-order valence-corrected chi connectivity index (χ1v) is 7.23. The highest BCUT2D eigenvalue weighted by molar-refractivity contribution is 5.67. The Morgan fingerprint density at radius 1 is 1.09 bits per heavy atom. The highest BCUT2D eigenvalue weighted by Crippen LogP contribution is 2.16. The lowest BCUT2D eigenvalue weighted by Crippen LogP contribution is -2.29. The number of methoxy groups -OCH3 is 1. The van der Waals surface area contributed by atoms with E-state index in [9.17, 15) is 4.79 Å². The predicted molar refractivity (Wildman–Crippen MR) is 85.6 cm³/mol. The van der Waals surface area contributed by atoms with Gasteiger partial charge in [0.1, 0.15) is 6.61 Å². The lowest BCUT2D eigenvalue weighted by molar-refractivity contribution is 0.0932. The lowest BCUT2D eigenvalue weighted by atomic mass is 10.1. The molecule has 2 aromatic rings. The summed E-state index contributed by atoms with van der Waals surface area (Å²) in [6.45, 7) is 2.66. The minimum absolute atomic E-state index is 0.190. The lowest BCUT2D eigenvalue weighted by Gasteiger charge is -2.16. The van der Waals surface area contributed by atoms with Gasteiger partial charge in [0, 0.05) is 7.11 Å². The van der Waals surface area contributed by atoms with Crippen LogP contribution in [0.2, 0.25) is 0 Å². The minimum Gasteiger partial charge on any atom is -0.445 e. The van der Waals surface area contributed by atoms with Gasteiger partial charge in [-0.1, -0.05) is 60.2 Å². The minimum atomic E-state index is -0.446. The molecular weight excluding hydrogens is 278 g/mol. The van der Waals surface area contributed by atoms with E-state index in [1.54, 1.807) is 7.11 Å². The Hall–Kier alpha value is -2.33. The molecule has 1 atom stereocenters. The van der Waals surface area contributed by atoms with Crippen LogP contribution >= 0.6 is 0 Å². The Morgan fingerprint density at radius 2 is 1.77 bits per heavy atom. The van der Waals surface area contributed by atoms with Crippen molar-refractivity contribution in [3.63, 3.8) is 0 Å². The smallest absolute Gasteiger partial charge is 0.407 e. The van der Waals surface area contributed by atoms with E-state index in [1.807, 2.05) is 61.5 Å². The predicted octanol–water partition coefficient (Wildman–Crippen LogP) is 3.61. The van der Waals surface area contributed by atoms with Crippen molar-refractivity contribution < 1.29 is 14.3 Å². The first-order chi connectivity index (χ1) is 10.7. The van der Waals surface area contributed by atoms with Crippen molar-refractivity contribution in [2.75, 3.05) is 13.7 Å². The average molecular weight is 299 g/mol. The first kappa shape index (κ1) is 16.0. The molecule has 4 nitrogen and oxygen atoms in total. The highest BCUT2D eigenvalue weighted by atomic mass is 16.5. The number of carbonyl (C=O) groups excluding carboxylic acids is 1. The summed E-state index contributed by atoms with van der Waals surface area (Å²) in [7, 11) is 1.63. The number of benzene rings is 2. The topological polar surface area (TPSA) is 47.6 Å². The third-order valence-corrected chi connectivity index (χ3v) is 3.38. The van der Waals surface area contributed by atoms with E-state index in [-0.39, 0.29) is 12.7 Å². The van der Waals surface area contributed by atoms with Crippen molar-refractivity contribution in [2.45, 2.75) is 19.6 Å². The normalized spacial score (nSPS) is 11.7. The number of amides is 1. The Balaban J connectivity index is 1.80. The third-order valence-electron chi connectivity index (χ3n) is 3.38. The van der Waals surface area contributed by atoms with E-state index >= 15 is 0 Å². The van der Waals surface area contributed by atoms with E-state index < -0.39 is 6.09 Å². The van der Waals surface area contributed by atoms with Gasteiger partial charge in [0.25, 0.3) is 0 Å². The van der Waals surface area contributed by atoms with E-state index in [4.69, 9.17) is 9.47 Å². The van der Waals surface area contributed by atoms with Crippen LogP contribution in [0.1, 0.15) is 22.8 Å². The molecule has 116 valence electrons. The zero-order chi connectivity index (χ0) is 15.8. The standard InChI is InChI=1S/C18H21NO3/c1-14-8-10-16(11-9-14)17(21-2)12-19-18(20)22-13-15-6-4-3-5-7-15/h3-11,17H,12-13H2,1-2H3,(H,19,20)/t17-/m1/s1. The van der Waals surface area contributed by atoms with Crippen molar-refractivity contribution in [1.82, 2.24) is 5.32 Å². The number of hydrogen-bond acceptors (Lipinski definition) is 3. The molecule has 0 fully saturated rings. The highest BCUT2D eigenvalue weighted by Gasteiger charge is 2.12. The molecular formula is C18H21NO3. The fourth-order valence-corrected chi connectivity index (χ4v) is 2.07. The van der Waals surface area contributed by atoms with Gasteiger partial charge in [0.2, 0.25) is 0 Å². The molecule has 0 heterocycles. The van der Waals surface area contributed by atoms with Crippen LogP contribution in [-0.4, -0.2) is 19.7 Å². The van der Waals surface area contributed by atoms with Crippen molar-refractivity contribution in [3.8, 4) is 0 Å². The molecule has 0 aliphatic rings. The van der Waals surface area contributed by atoms with Crippen LogP contribution in [0.15, 0.2) is 54.6 Å². The van der Waals surface area contributed by atoms with Gasteiger partial charge in [-0.25, -0.2) is 4.79 Å². The van der Waals surface area contributed by atoms with E-state index in [0.717, 1.165) is 11.1 Å². The van der Waals surface area contributed by atoms with Crippen LogP contribution in [0.5, 0.6) is 0 Å². The summed E-state index contributed by atoms with van der Waals surface area (Å²) in [5.74, 6) is 0. The molecule has 4 heteroatoms. The number of ether oxygens (including phenoxy) is 2. The second-order valence-electron chi connectivity index (χ2n) is 5.08. The van der Waals surface area contributed by atoms with Crippen LogP contribution in [0.4, 0.5) is 4.79 Å². The van der Waals surface area contributed by atoms with E-state index in [2.05, 4.69) is 5.32 Å². The molecule has 22 heavy (non-hydrogen) atoms. The van der Waals surface area contributed by atoms with Gasteiger partial charge in [0.15, 0.2) is 0 Å². The maximum atomic E-state index is 11.7. The van der Waals surface area contributed by atoms with Gasteiger partial charge in [-0.15, -0.1) is 0 Å². The monoisotopic (exact) mass is 299 g/mol. The molecule has 1 amide bonds. The number of aryl methyl sites for hydroxylation is 1.